The largest absolute Gasteiger partial charge is 0.494 e. The summed E-state index contributed by atoms with van der Waals surface area (Å²) < 4.78 is 31.8. The highest BCUT2D eigenvalue weighted by Gasteiger charge is 2.12. The highest BCUT2D eigenvalue weighted by Crippen LogP contribution is 2.16. The van der Waals surface area contributed by atoms with Crippen molar-refractivity contribution >= 4 is 34.0 Å². The Morgan fingerprint density at radius 3 is 2.52 bits per heavy atom. The van der Waals surface area contributed by atoms with E-state index in [0.717, 1.165) is 0 Å². The number of rotatable bonds is 8. The quantitative estimate of drug-likeness (QED) is 0.725. The first kappa shape index (κ1) is 20.7. The average Bonchev–Trinajstić information content (AvgIpc) is 2.57. The number of halogens is 1. The van der Waals surface area contributed by atoms with Gasteiger partial charge in [-0.3, -0.25) is 14.5 Å². The lowest BCUT2D eigenvalue weighted by atomic mass is 10.3. The van der Waals surface area contributed by atoms with Gasteiger partial charge in [0, 0.05) is 24.6 Å². The van der Waals surface area contributed by atoms with Crippen molar-refractivity contribution in [2.45, 2.75) is 6.92 Å². The van der Waals surface area contributed by atoms with Crippen molar-refractivity contribution in [2.24, 2.45) is 0 Å². The molecule has 1 aromatic carbocycles. The van der Waals surface area contributed by atoms with E-state index in [1.165, 1.54) is 6.20 Å². The summed E-state index contributed by atoms with van der Waals surface area (Å²) in [7, 11) is -3.56. The van der Waals surface area contributed by atoms with Crippen molar-refractivity contribution in [3.63, 3.8) is 0 Å². The van der Waals surface area contributed by atoms with Crippen molar-refractivity contribution in [1.29, 1.82) is 0 Å². The fraction of sp³-hybridized carbons (Fsp3) is 0.250. The molecular weight excluding hydrogens is 366 g/mol. The maximum absolute atomic E-state index is 12.0. The van der Waals surface area contributed by atoms with Crippen molar-refractivity contribution in [3.8, 4) is 5.75 Å². The van der Waals surface area contributed by atoms with Crippen LogP contribution in [0.2, 0.25) is 0 Å². The number of nitrogens with zero attached hydrogens (tertiary/aromatic N) is 1. The number of pyridine rings is 1. The first-order valence-electron chi connectivity index (χ1n) is 7.42. The predicted octanol–water partition coefficient (Wildman–Crippen LogP) is 2.07. The minimum atomic E-state index is -3.56. The number of carbonyl (C=O) groups is 1. The van der Waals surface area contributed by atoms with Crippen LogP contribution >= 0.6 is 12.4 Å². The molecule has 1 amide bonds. The van der Waals surface area contributed by atoms with E-state index in [1.807, 2.05) is 6.92 Å². The van der Waals surface area contributed by atoms with Crippen LogP contribution in [0.3, 0.4) is 0 Å². The Balaban J connectivity index is 0.00000312. The second kappa shape index (κ2) is 9.85. The van der Waals surface area contributed by atoms with Crippen LogP contribution in [0.1, 0.15) is 17.3 Å². The molecule has 9 heteroatoms. The minimum absolute atomic E-state index is 0. The second-order valence-corrected chi connectivity index (χ2v) is 6.72. The van der Waals surface area contributed by atoms with Crippen LogP contribution in [0.5, 0.6) is 5.75 Å². The van der Waals surface area contributed by atoms with Crippen LogP contribution in [0.15, 0.2) is 48.8 Å². The van der Waals surface area contributed by atoms with Crippen LogP contribution < -0.4 is 14.8 Å². The van der Waals surface area contributed by atoms with E-state index in [4.69, 9.17) is 4.74 Å². The number of nitrogens with one attached hydrogen (secondary N) is 2. The van der Waals surface area contributed by atoms with Gasteiger partial charge in [-0.15, -0.1) is 12.4 Å². The number of benzene rings is 1. The third kappa shape index (κ3) is 6.98. The van der Waals surface area contributed by atoms with E-state index in [1.54, 1.807) is 42.6 Å². The standard InChI is InChI=1S/C16H19N3O4S.ClH/c1-2-23-15-7-5-14(6-8-15)19-24(21,22)11-10-18-16(20)13-4-3-9-17-12-13;/h3-9,12,19H,2,10-11H2,1H3,(H,18,20);1H. The number of ether oxygens (including phenoxy) is 1. The Morgan fingerprint density at radius 1 is 1.20 bits per heavy atom. The molecule has 0 atom stereocenters. The highest BCUT2D eigenvalue weighted by molar-refractivity contribution is 7.92. The van der Waals surface area contributed by atoms with Gasteiger partial charge < -0.3 is 10.1 Å². The molecule has 0 saturated heterocycles. The van der Waals surface area contributed by atoms with Gasteiger partial charge in [0.2, 0.25) is 10.0 Å². The van der Waals surface area contributed by atoms with Gasteiger partial charge in [0.15, 0.2) is 0 Å². The second-order valence-electron chi connectivity index (χ2n) is 4.88. The van der Waals surface area contributed by atoms with Crippen molar-refractivity contribution < 1.29 is 17.9 Å². The smallest absolute Gasteiger partial charge is 0.252 e. The zero-order valence-electron chi connectivity index (χ0n) is 13.6. The molecule has 0 radical (unpaired) electrons. The van der Waals surface area contributed by atoms with Crippen LogP contribution in [-0.2, 0) is 10.0 Å². The molecule has 136 valence electrons. The molecule has 1 heterocycles. The van der Waals surface area contributed by atoms with Crippen LogP contribution in [0.25, 0.3) is 0 Å². The van der Waals surface area contributed by atoms with Gasteiger partial charge in [-0.05, 0) is 43.3 Å². The fourth-order valence-electron chi connectivity index (χ4n) is 1.91. The molecule has 7 nitrogen and oxygen atoms in total. The molecule has 0 aliphatic heterocycles. The van der Waals surface area contributed by atoms with Gasteiger partial charge >= 0.3 is 0 Å². The number of hydrogen-bond donors (Lipinski definition) is 2. The Labute approximate surface area is 153 Å². The molecule has 0 aliphatic rings. The Kier molecular flexibility index (Phi) is 8.17. The molecule has 2 rings (SSSR count). The van der Waals surface area contributed by atoms with Crippen molar-refractivity contribution in [1.82, 2.24) is 10.3 Å². The molecule has 0 spiro atoms. The van der Waals surface area contributed by atoms with E-state index in [-0.39, 0.29) is 30.6 Å². The lowest BCUT2D eigenvalue weighted by molar-refractivity contribution is 0.0956. The lowest BCUT2D eigenvalue weighted by Crippen LogP contribution is -2.31. The molecule has 0 saturated carbocycles. The summed E-state index contributed by atoms with van der Waals surface area (Å²) in [6, 6.07) is 9.86. The molecule has 1 aromatic heterocycles. The Morgan fingerprint density at radius 2 is 1.92 bits per heavy atom. The summed E-state index contributed by atoms with van der Waals surface area (Å²) in [6.07, 6.45) is 2.98. The van der Waals surface area contributed by atoms with E-state index in [9.17, 15) is 13.2 Å². The fourth-order valence-corrected chi connectivity index (χ4v) is 2.88. The van der Waals surface area contributed by atoms with Crippen LogP contribution in [0, 0.1) is 0 Å². The third-order valence-electron chi connectivity index (χ3n) is 3.02. The molecule has 0 fully saturated rings. The van der Waals surface area contributed by atoms with E-state index in [0.29, 0.717) is 23.6 Å². The maximum Gasteiger partial charge on any atom is 0.252 e. The number of hydrogen-bond acceptors (Lipinski definition) is 5. The average molecular weight is 386 g/mol. The molecule has 0 unspecified atom stereocenters. The summed E-state index contributed by atoms with van der Waals surface area (Å²) in [6.45, 7) is 2.41. The van der Waals surface area contributed by atoms with E-state index in [2.05, 4.69) is 15.0 Å². The van der Waals surface area contributed by atoms with Gasteiger partial charge in [-0.1, -0.05) is 0 Å². The molecule has 0 bridgehead atoms. The number of sulfonamides is 1. The topological polar surface area (TPSA) is 97.4 Å². The van der Waals surface area contributed by atoms with Crippen LogP contribution in [0.4, 0.5) is 5.69 Å². The Bertz CT molecular complexity index is 768. The summed E-state index contributed by atoms with van der Waals surface area (Å²) in [5, 5.41) is 2.55. The number of aromatic nitrogens is 1. The number of carbonyl (C=O) groups excluding carboxylic acids is 1. The molecule has 2 aromatic rings. The predicted molar refractivity (Wildman–Crippen MR) is 98.8 cm³/mol. The molecular formula is C16H20ClN3O4S. The van der Waals surface area contributed by atoms with Gasteiger partial charge in [0.25, 0.3) is 5.91 Å². The van der Waals surface area contributed by atoms with Gasteiger partial charge in [-0.25, -0.2) is 8.42 Å². The normalized spacial score (nSPS) is 10.4. The highest BCUT2D eigenvalue weighted by atomic mass is 35.5. The first-order valence-corrected chi connectivity index (χ1v) is 9.07. The molecule has 25 heavy (non-hydrogen) atoms. The molecule has 2 N–H and O–H groups in total. The van der Waals surface area contributed by atoms with Gasteiger partial charge in [-0.2, -0.15) is 0 Å². The maximum atomic E-state index is 12.0. The third-order valence-corrected chi connectivity index (χ3v) is 4.31. The van der Waals surface area contributed by atoms with Crippen molar-refractivity contribution in [3.05, 3.63) is 54.4 Å². The zero-order chi connectivity index (χ0) is 17.4. The first-order chi connectivity index (χ1) is 11.5. The van der Waals surface area contributed by atoms with Gasteiger partial charge in [0.05, 0.1) is 17.9 Å². The summed E-state index contributed by atoms with van der Waals surface area (Å²) in [5.41, 5.74) is 0.825. The van der Waals surface area contributed by atoms with E-state index < -0.39 is 10.0 Å². The van der Waals surface area contributed by atoms with E-state index >= 15 is 0 Å². The Hall–Kier alpha value is -2.32. The summed E-state index contributed by atoms with van der Waals surface area (Å²) in [5.74, 6) is 0.0789. The van der Waals surface area contributed by atoms with Crippen molar-refractivity contribution in [2.75, 3.05) is 23.6 Å². The minimum Gasteiger partial charge on any atom is -0.494 e. The molecule has 0 aliphatic carbocycles. The van der Waals surface area contributed by atoms with Gasteiger partial charge in [0.1, 0.15) is 5.75 Å². The number of amides is 1. The summed E-state index contributed by atoms with van der Waals surface area (Å²) in [4.78, 5) is 15.6. The monoisotopic (exact) mass is 385 g/mol. The lowest BCUT2D eigenvalue weighted by Gasteiger charge is -2.10. The summed E-state index contributed by atoms with van der Waals surface area (Å²) >= 11 is 0. The SMILES string of the molecule is CCOc1ccc(NS(=O)(=O)CCNC(=O)c2cccnc2)cc1.Cl. The number of anilines is 1. The zero-order valence-corrected chi connectivity index (χ0v) is 15.3. The van der Waals surface area contributed by atoms with Crippen LogP contribution in [-0.4, -0.2) is 38.2 Å².